The quantitative estimate of drug-likeness (QED) is 0.634. The summed E-state index contributed by atoms with van der Waals surface area (Å²) in [6, 6.07) is 4.20. The largest absolute Gasteiger partial charge is 0.488 e. The normalized spacial score (nSPS) is 10.3. The van der Waals surface area contributed by atoms with E-state index in [1.807, 2.05) is 0 Å². The van der Waals surface area contributed by atoms with Crippen LogP contribution in [0, 0.1) is 10.1 Å². The van der Waals surface area contributed by atoms with E-state index >= 15 is 0 Å². The molecule has 0 atom stereocenters. The van der Waals surface area contributed by atoms with Crippen molar-refractivity contribution in [1.29, 1.82) is 0 Å². The minimum atomic E-state index is -0.547. The van der Waals surface area contributed by atoms with Crippen molar-refractivity contribution in [3.05, 3.63) is 48.9 Å². The van der Waals surface area contributed by atoms with Crippen LogP contribution >= 0.6 is 34.5 Å². The molecule has 0 bridgehead atoms. The molecule has 1 aromatic heterocycles. The Morgan fingerprint density at radius 1 is 1.44 bits per heavy atom. The summed E-state index contributed by atoms with van der Waals surface area (Å²) in [7, 11) is 0. The van der Waals surface area contributed by atoms with E-state index in [9.17, 15) is 10.1 Å². The second-order valence-electron chi connectivity index (χ2n) is 3.24. The molecule has 0 aliphatic carbocycles. The summed E-state index contributed by atoms with van der Waals surface area (Å²) < 4.78 is 5.87. The molecule has 0 aliphatic rings. The third-order valence-corrected chi connectivity index (χ3v) is 3.41. The topological polar surface area (TPSA) is 65.3 Å². The third kappa shape index (κ3) is 3.10. The van der Waals surface area contributed by atoms with Crippen LogP contribution in [0.4, 0.5) is 5.69 Å². The zero-order valence-electron chi connectivity index (χ0n) is 8.80. The smallest absolute Gasteiger partial charge is 0.288 e. The molecule has 18 heavy (non-hydrogen) atoms. The van der Waals surface area contributed by atoms with Gasteiger partial charge in [0.15, 0.2) is 4.47 Å². The summed E-state index contributed by atoms with van der Waals surface area (Å²) in [6.45, 7) is 0.290. The van der Waals surface area contributed by atoms with Gasteiger partial charge in [0.1, 0.15) is 17.4 Å². The van der Waals surface area contributed by atoms with Crippen molar-refractivity contribution in [1.82, 2.24) is 4.98 Å². The predicted octanol–water partition coefficient (Wildman–Crippen LogP) is 3.94. The molecular formula is C10H6Cl2N2O3S. The van der Waals surface area contributed by atoms with E-state index in [1.165, 1.54) is 29.5 Å². The zero-order chi connectivity index (χ0) is 13.1. The molecule has 5 nitrogen and oxygen atoms in total. The second-order valence-corrected chi connectivity index (χ2v) is 5.34. The van der Waals surface area contributed by atoms with Gasteiger partial charge in [0.2, 0.25) is 0 Å². The molecule has 2 rings (SSSR count). The Bertz CT molecular complexity index is 588. The number of nitro groups is 1. The fourth-order valence-electron chi connectivity index (χ4n) is 1.23. The SMILES string of the molecule is O=[N+]([O-])c1ccc(OCc2cnc(Cl)s2)cc1Cl. The molecule has 94 valence electrons. The second kappa shape index (κ2) is 5.51. The van der Waals surface area contributed by atoms with Crippen molar-refractivity contribution in [3.63, 3.8) is 0 Å². The van der Waals surface area contributed by atoms with Gasteiger partial charge >= 0.3 is 0 Å². The average Bonchev–Trinajstić information content (AvgIpc) is 2.72. The number of rotatable bonds is 4. The van der Waals surface area contributed by atoms with E-state index in [4.69, 9.17) is 27.9 Å². The van der Waals surface area contributed by atoms with Gasteiger partial charge in [-0.15, -0.1) is 11.3 Å². The van der Waals surface area contributed by atoms with Gasteiger partial charge in [0.05, 0.1) is 9.80 Å². The van der Waals surface area contributed by atoms with Crippen LogP contribution in [0.1, 0.15) is 4.88 Å². The van der Waals surface area contributed by atoms with Crippen LogP contribution in [0.15, 0.2) is 24.4 Å². The summed E-state index contributed by atoms with van der Waals surface area (Å²) in [4.78, 5) is 14.8. The van der Waals surface area contributed by atoms with E-state index < -0.39 is 4.92 Å². The van der Waals surface area contributed by atoms with E-state index in [0.29, 0.717) is 16.8 Å². The van der Waals surface area contributed by atoms with Crippen molar-refractivity contribution in [2.24, 2.45) is 0 Å². The number of thiazole rings is 1. The Labute approximate surface area is 116 Å². The van der Waals surface area contributed by atoms with E-state index in [1.54, 1.807) is 6.20 Å². The van der Waals surface area contributed by atoms with Crippen LogP contribution in [-0.2, 0) is 6.61 Å². The lowest BCUT2D eigenvalue weighted by Gasteiger charge is -2.04. The van der Waals surface area contributed by atoms with Crippen LogP contribution in [-0.4, -0.2) is 9.91 Å². The number of halogens is 2. The molecule has 0 N–H and O–H groups in total. The maximum Gasteiger partial charge on any atom is 0.288 e. The Morgan fingerprint density at radius 2 is 2.22 bits per heavy atom. The Morgan fingerprint density at radius 3 is 2.78 bits per heavy atom. The number of hydrogen-bond donors (Lipinski definition) is 0. The molecule has 0 amide bonds. The molecule has 0 saturated carbocycles. The number of ether oxygens (including phenoxy) is 1. The van der Waals surface area contributed by atoms with Gasteiger partial charge in [-0.3, -0.25) is 10.1 Å². The van der Waals surface area contributed by atoms with Crippen LogP contribution < -0.4 is 4.74 Å². The van der Waals surface area contributed by atoms with Gasteiger partial charge < -0.3 is 4.74 Å². The predicted molar refractivity (Wildman–Crippen MR) is 69.6 cm³/mol. The van der Waals surface area contributed by atoms with Gasteiger partial charge in [-0.05, 0) is 6.07 Å². The van der Waals surface area contributed by atoms with Gasteiger partial charge in [-0.2, -0.15) is 0 Å². The summed E-state index contributed by atoms with van der Waals surface area (Å²) in [5.41, 5.74) is -0.148. The highest BCUT2D eigenvalue weighted by Gasteiger charge is 2.12. The Kier molecular flexibility index (Phi) is 4.00. The maximum absolute atomic E-state index is 10.6. The third-order valence-electron chi connectivity index (χ3n) is 2.02. The number of hydrogen-bond acceptors (Lipinski definition) is 5. The summed E-state index contributed by atoms with van der Waals surface area (Å²) in [5, 5.41) is 10.6. The maximum atomic E-state index is 10.6. The van der Waals surface area contributed by atoms with Crippen molar-refractivity contribution in [2.45, 2.75) is 6.61 Å². The molecule has 1 heterocycles. The van der Waals surface area contributed by atoms with E-state index in [2.05, 4.69) is 4.98 Å². The first-order valence-corrected chi connectivity index (χ1v) is 6.30. The lowest BCUT2D eigenvalue weighted by Crippen LogP contribution is -1.94. The van der Waals surface area contributed by atoms with Gasteiger partial charge in [-0.25, -0.2) is 4.98 Å². The van der Waals surface area contributed by atoms with Crippen molar-refractivity contribution >= 4 is 40.2 Å². The fraction of sp³-hybridized carbons (Fsp3) is 0.100. The Balaban J connectivity index is 2.06. The van der Waals surface area contributed by atoms with Crippen LogP contribution in [0.3, 0.4) is 0 Å². The number of benzene rings is 1. The average molecular weight is 305 g/mol. The lowest BCUT2D eigenvalue weighted by atomic mass is 10.3. The molecule has 2 aromatic rings. The van der Waals surface area contributed by atoms with Gasteiger partial charge in [0, 0.05) is 18.3 Å². The highest BCUT2D eigenvalue weighted by Crippen LogP contribution is 2.29. The highest BCUT2D eigenvalue weighted by atomic mass is 35.5. The first-order chi connectivity index (χ1) is 8.56. The lowest BCUT2D eigenvalue weighted by molar-refractivity contribution is -0.384. The molecule has 0 unspecified atom stereocenters. The number of nitrogens with zero attached hydrogens (tertiary/aromatic N) is 2. The fourth-order valence-corrected chi connectivity index (χ4v) is 2.36. The van der Waals surface area contributed by atoms with Crippen LogP contribution in [0.5, 0.6) is 5.75 Å². The number of nitro benzene ring substituents is 1. The Hall–Kier alpha value is -1.37. The summed E-state index contributed by atoms with van der Waals surface area (Å²) in [5.74, 6) is 0.454. The van der Waals surface area contributed by atoms with E-state index in [0.717, 1.165) is 4.88 Å². The van der Waals surface area contributed by atoms with Crippen LogP contribution in [0.2, 0.25) is 9.49 Å². The van der Waals surface area contributed by atoms with Crippen molar-refractivity contribution < 1.29 is 9.66 Å². The highest BCUT2D eigenvalue weighted by molar-refractivity contribution is 7.15. The van der Waals surface area contributed by atoms with Crippen molar-refractivity contribution in [3.8, 4) is 5.75 Å². The first kappa shape index (κ1) is 13.1. The van der Waals surface area contributed by atoms with E-state index in [-0.39, 0.29) is 10.7 Å². The molecular weight excluding hydrogens is 299 g/mol. The standard InChI is InChI=1S/C10H6Cl2N2O3S/c11-8-3-6(1-2-9(8)14(15)16)17-5-7-4-13-10(12)18-7/h1-4H,5H2. The molecule has 0 radical (unpaired) electrons. The molecule has 0 fully saturated rings. The van der Waals surface area contributed by atoms with Gasteiger partial charge in [-0.1, -0.05) is 23.2 Å². The molecule has 0 saturated heterocycles. The van der Waals surface area contributed by atoms with Gasteiger partial charge in [0.25, 0.3) is 5.69 Å². The molecule has 0 aliphatic heterocycles. The summed E-state index contributed by atoms with van der Waals surface area (Å²) >= 11 is 12.7. The number of aromatic nitrogens is 1. The summed E-state index contributed by atoms with van der Waals surface area (Å²) in [6.07, 6.45) is 1.61. The minimum Gasteiger partial charge on any atom is -0.488 e. The van der Waals surface area contributed by atoms with Crippen molar-refractivity contribution in [2.75, 3.05) is 0 Å². The first-order valence-electron chi connectivity index (χ1n) is 4.73. The molecule has 1 aromatic carbocycles. The molecule has 0 spiro atoms. The zero-order valence-corrected chi connectivity index (χ0v) is 11.1. The minimum absolute atomic E-state index is 0.0415. The monoisotopic (exact) mass is 304 g/mol. The van der Waals surface area contributed by atoms with Crippen LogP contribution in [0.25, 0.3) is 0 Å². The molecule has 8 heteroatoms.